The third-order valence-electron chi connectivity index (χ3n) is 7.00. The number of hydrogen-bond donors (Lipinski definition) is 1. The summed E-state index contributed by atoms with van der Waals surface area (Å²) < 4.78 is 58.4. The molecule has 1 aliphatic rings. The van der Waals surface area contributed by atoms with Gasteiger partial charge in [0, 0.05) is 30.7 Å². The van der Waals surface area contributed by atoms with Gasteiger partial charge < -0.3 is 5.73 Å². The van der Waals surface area contributed by atoms with Crippen LogP contribution in [0.25, 0.3) is 0 Å². The summed E-state index contributed by atoms with van der Waals surface area (Å²) in [4.78, 5) is 4.86. The zero-order chi connectivity index (χ0) is 28.1. The number of alkyl halides is 4. The number of halogens is 4. The van der Waals surface area contributed by atoms with Gasteiger partial charge in [0.05, 0.1) is 11.1 Å². The van der Waals surface area contributed by atoms with Crippen molar-refractivity contribution in [1.82, 2.24) is 4.98 Å². The molecule has 6 heteroatoms. The SMILES string of the molecule is CN.Cc1cccc(C(Cc2ccccc2)(C2=CC(C(C)(F)F)=CCC2)c2ccc(C)c(C(C)(F)F)c2)n1. The van der Waals surface area contributed by atoms with E-state index in [1.165, 1.54) is 7.05 Å². The first-order valence-electron chi connectivity index (χ1n) is 12.8. The number of nitrogens with zero attached hydrogens (tertiary/aromatic N) is 1. The molecule has 1 atom stereocenters. The molecule has 2 N–H and O–H groups in total. The molecule has 4 rings (SSSR count). The summed E-state index contributed by atoms with van der Waals surface area (Å²) in [5.41, 5.74) is 7.61. The second-order valence-electron chi connectivity index (χ2n) is 9.91. The number of pyridine rings is 1. The van der Waals surface area contributed by atoms with E-state index in [-0.39, 0.29) is 11.1 Å². The Balaban J connectivity index is 0.00000195. The van der Waals surface area contributed by atoms with E-state index < -0.39 is 17.3 Å². The fraction of sp³-hybridized carbons (Fsp3) is 0.344. The average molecular weight is 525 g/mol. The lowest BCUT2D eigenvalue weighted by atomic mass is 9.64. The van der Waals surface area contributed by atoms with E-state index in [9.17, 15) is 17.6 Å². The zero-order valence-corrected chi connectivity index (χ0v) is 22.7. The minimum Gasteiger partial charge on any atom is -0.333 e. The normalized spacial score (nSPS) is 15.5. The summed E-state index contributed by atoms with van der Waals surface area (Å²) in [6.45, 7) is 5.32. The Morgan fingerprint density at radius 3 is 2.13 bits per heavy atom. The third-order valence-corrected chi connectivity index (χ3v) is 7.00. The maximum absolute atomic E-state index is 14.7. The van der Waals surface area contributed by atoms with E-state index >= 15 is 0 Å². The number of allylic oxidation sites excluding steroid dienone is 4. The van der Waals surface area contributed by atoms with Crippen LogP contribution in [-0.2, 0) is 17.8 Å². The van der Waals surface area contributed by atoms with Gasteiger partial charge in [-0.2, -0.15) is 0 Å². The molecule has 3 aromatic rings. The first-order chi connectivity index (χ1) is 17.9. The number of rotatable bonds is 7. The first kappa shape index (κ1) is 29.3. The van der Waals surface area contributed by atoms with Crippen molar-refractivity contribution >= 4 is 0 Å². The molecule has 1 aliphatic carbocycles. The fourth-order valence-electron chi connectivity index (χ4n) is 5.19. The van der Waals surface area contributed by atoms with Crippen LogP contribution in [0, 0.1) is 13.8 Å². The summed E-state index contributed by atoms with van der Waals surface area (Å²) in [6, 6.07) is 20.4. The minimum absolute atomic E-state index is 0.0537. The minimum atomic E-state index is -3.05. The molecule has 38 heavy (non-hydrogen) atoms. The van der Waals surface area contributed by atoms with Gasteiger partial charge in [-0.1, -0.05) is 66.3 Å². The van der Waals surface area contributed by atoms with Crippen LogP contribution >= 0.6 is 0 Å². The van der Waals surface area contributed by atoms with E-state index in [1.807, 2.05) is 61.5 Å². The number of hydrogen-bond acceptors (Lipinski definition) is 2. The number of nitrogens with two attached hydrogens (primary N) is 1. The van der Waals surface area contributed by atoms with Crippen molar-refractivity contribution < 1.29 is 17.6 Å². The highest BCUT2D eigenvalue weighted by Crippen LogP contribution is 2.47. The van der Waals surface area contributed by atoms with Gasteiger partial charge >= 0.3 is 0 Å². The molecule has 0 saturated heterocycles. The molecule has 0 amide bonds. The summed E-state index contributed by atoms with van der Waals surface area (Å²) in [5.74, 6) is -6.07. The van der Waals surface area contributed by atoms with Gasteiger partial charge in [0.1, 0.15) is 0 Å². The molecule has 0 fully saturated rings. The van der Waals surface area contributed by atoms with Crippen LogP contribution in [0.1, 0.15) is 60.3 Å². The fourth-order valence-corrected chi connectivity index (χ4v) is 5.19. The second kappa shape index (κ2) is 11.6. The first-order valence-corrected chi connectivity index (χ1v) is 12.8. The molecule has 0 bridgehead atoms. The van der Waals surface area contributed by atoms with Crippen LogP contribution in [0.5, 0.6) is 0 Å². The number of benzene rings is 2. The maximum atomic E-state index is 14.7. The lowest BCUT2D eigenvalue weighted by Crippen LogP contribution is -2.36. The highest BCUT2D eigenvalue weighted by atomic mass is 19.3. The van der Waals surface area contributed by atoms with Crippen molar-refractivity contribution in [2.45, 2.75) is 64.2 Å². The summed E-state index contributed by atoms with van der Waals surface area (Å²) in [5, 5.41) is 0. The molecule has 0 radical (unpaired) electrons. The van der Waals surface area contributed by atoms with Crippen LogP contribution in [0.2, 0.25) is 0 Å². The molecule has 202 valence electrons. The van der Waals surface area contributed by atoms with Crippen molar-refractivity contribution in [3.63, 3.8) is 0 Å². The quantitative estimate of drug-likeness (QED) is 0.316. The zero-order valence-electron chi connectivity index (χ0n) is 22.7. The van der Waals surface area contributed by atoms with Gasteiger partial charge in [0.2, 0.25) is 0 Å². The predicted molar refractivity (Wildman–Crippen MR) is 147 cm³/mol. The molecule has 1 unspecified atom stereocenters. The molecule has 2 aromatic carbocycles. The highest BCUT2D eigenvalue weighted by Gasteiger charge is 2.42. The highest BCUT2D eigenvalue weighted by molar-refractivity contribution is 5.54. The Kier molecular flexibility index (Phi) is 8.98. The van der Waals surface area contributed by atoms with Crippen molar-refractivity contribution in [3.05, 3.63) is 124 Å². The van der Waals surface area contributed by atoms with Gasteiger partial charge in [-0.3, -0.25) is 4.98 Å². The predicted octanol–water partition coefficient (Wildman–Crippen LogP) is 8.22. The van der Waals surface area contributed by atoms with Gasteiger partial charge in [-0.25, -0.2) is 17.6 Å². The molecular weight excluding hydrogens is 488 g/mol. The van der Waals surface area contributed by atoms with E-state index in [1.54, 1.807) is 31.2 Å². The lowest BCUT2D eigenvalue weighted by Gasteiger charge is -2.39. The molecule has 0 saturated carbocycles. The summed E-state index contributed by atoms with van der Waals surface area (Å²) >= 11 is 0. The Hall–Kier alpha value is -3.25. The molecule has 0 aliphatic heterocycles. The Labute approximate surface area is 223 Å². The van der Waals surface area contributed by atoms with E-state index in [2.05, 4.69) is 5.73 Å². The molecule has 1 heterocycles. The monoisotopic (exact) mass is 524 g/mol. The van der Waals surface area contributed by atoms with Gasteiger partial charge in [-0.15, -0.1) is 0 Å². The van der Waals surface area contributed by atoms with Crippen LogP contribution in [-0.4, -0.2) is 18.0 Å². The van der Waals surface area contributed by atoms with Gasteiger partial charge in [0.15, 0.2) is 0 Å². The standard InChI is InChI=1S/C31H31F4N.CH5N/c1-21-16-17-26(19-27(21)30(4,34)35)31(20-23-11-6-5-7-12-23,28-15-8-10-22(2)36-28)25-14-9-13-24(18-25)29(3,32)33;1-2/h5-8,10-13,15-19H,9,14,20H2,1-4H3;2H2,1H3. The summed E-state index contributed by atoms with van der Waals surface area (Å²) in [6.07, 6.45) is 4.50. The molecule has 1 aromatic heterocycles. The van der Waals surface area contributed by atoms with E-state index in [4.69, 9.17) is 4.98 Å². The van der Waals surface area contributed by atoms with Gasteiger partial charge in [-0.05, 0) is 75.0 Å². The van der Waals surface area contributed by atoms with Crippen LogP contribution < -0.4 is 5.73 Å². The molecule has 0 spiro atoms. The topological polar surface area (TPSA) is 38.9 Å². The van der Waals surface area contributed by atoms with Crippen LogP contribution in [0.15, 0.2) is 90.0 Å². The third kappa shape index (κ3) is 6.24. The van der Waals surface area contributed by atoms with E-state index in [0.717, 1.165) is 30.7 Å². The molecular formula is C32H36F4N2. The second-order valence-corrected chi connectivity index (χ2v) is 9.91. The van der Waals surface area contributed by atoms with Crippen LogP contribution in [0.3, 0.4) is 0 Å². The lowest BCUT2D eigenvalue weighted by molar-refractivity contribution is 0.0167. The Morgan fingerprint density at radius 1 is 0.842 bits per heavy atom. The van der Waals surface area contributed by atoms with E-state index in [0.29, 0.717) is 36.1 Å². The van der Waals surface area contributed by atoms with Crippen molar-refractivity contribution in [3.8, 4) is 0 Å². The number of aromatic nitrogens is 1. The molecule has 2 nitrogen and oxygen atoms in total. The van der Waals surface area contributed by atoms with Crippen LogP contribution in [0.4, 0.5) is 17.6 Å². The smallest absolute Gasteiger partial charge is 0.270 e. The Bertz CT molecular complexity index is 1300. The van der Waals surface area contributed by atoms with Crippen molar-refractivity contribution in [1.29, 1.82) is 0 Å². The largest absolute Gasteiger partial charge is 0.333 e. The summed E-state index contributed by atoms with van der Waals surface area (Å²) in [7, 11) is 1.50. The maximum Gasteiger partial charge on any atom is 0.270 e. The Morgan fingerprint density at radius 2 is 1.53 bits per heavy atom. The van der Waals surface area contributed by atoms with Gasteiger partial charge in [0.25, 0.3) is 11.8 Å². The van der Waals surface area contributed by atoms with Crippen molar-refractivity contribution in [2.75, 3.05) is 7.05 Å². The average Bonchev–Trinajstić information content (AvgIpc) is 2.88. The van der Waals surface area contributed by atoms with Crippen molar-refractivity contribution in [2.24, 2.45) is 5.73 Å². The number of aryl methyl sites for hydroxylation is 2.